The van der Waals surface area contributed by atoms with Crippen LogP contribution in [0.2, 0.25) is 5.02 Å². The highest BCUT2D eigenvalue weighted by Gasteiger charge is 2.45. The van der Waals surface area contributed by atoms with Crippen LogP contribution in [0, 0.1) is 17.7 Å². The predicted octanol–water partition coefficient (Wildman–Crippen LogP) is 3.01. The maximum Gasteiger partial charge on any atom is 0.258 e. The van der Waals surface area contributed by atoms with Crippen LogP contribution in [-0.4, -0.2) is 46.1 Å². The zero-order chi connectivity index (χ0) is 27.1. The van der Waals surface area contributed by atoms with E-state index in [1.54, 1.807) is 41.5 Å². The monoisotopic (exact) mass is 546 g/mol. The minimum atomic E-state index is -0.676. The normalized spacial score (nSPS) is 17.2. The minimum Gasteiger partial charge on any atom is -0.369 e. The molecule has 5 aromatic rings. The first-order valence-corrected chi connectivity index (χ1v) is 12.5. The number of rotatable bonds is 8. The fourth-order valence-electron chi connectivity index (χ4n) is 4.90. The molecule has 0 bridgehead atoms. The molecule has 0 spiro atoms. The van der Waals surface area contributed by atoms with E-state index < -0.39 is 11.9 Å². The molecule has 4 heterocycles. The van der Waals surface area contributed by atoms with Gasteiger partial charge >= 0.3 is 0 Å². The molecule has 1 aliphatic rings. The van der Waals surface area contributed by atoms with E-state index in [4.69, 9.17) is 17.3 Å². The molecule has 0 aliphatic heterocycles. The number of nitrogens with two attached hydrogens (primary N) is 1. The fourth-order valence-corrected chi connectivity index (χ4v) is 5.06. The van der Waals surface area contributed by atoms with Crippen LogP contribution in [-0.2, 0) is 4.79 Å². The zero-order valence-corrected chi connectivity index (χ0v) is 21.1. The van der Waals surface area contributed by atoms with E-state index in [9.17, 15) is 10.0 Å². The van der Waals surface area contributed by atoms with Gasteiger partial charge in [-0.1, -0.05) is 11.6 Å². The van der Waals surface area contributed by atoms with Gasteiger partial charge in [0.2, 0.25) is 12.1 Å². The molecule has 196 valence electrons. The van der Waals surface area contributed by atoms with E-state index in [1.807, 2.05) is 18.3 Å². The first-order valence-electron chi connectivity index (χ1n) is 12.1. The van der Waals surface area contributed by atoms with E-state index in [2.05, 4.69) is 25.6 Å². The molecular weight excluding hydrogens is 525 g/mol. The molecule has 13 heteroatoms. The predicted molar refractivity (Wildman–Crippen MR) is 136 cm³/mol. The number of hydrogen-bond acceptors (Lipinski definition) is 7. The van der Waals surface area contributed by atoms with Crippen molar-refractivity contribution >= 4 is 17.5 Å². The smallest absolute Gasteiger partial charge is 0.258 e. The molecule has 6 rings (SSSR count). The maximum absolute atomic E-state index is 15.3. The van der Waals surface area contributed by atoms with Gasteiger partial charge in [-0.05, 0) is 65.1 Å². The zero-order valence-electron chi connectivity index (χ0n) is 20.3. The molecule has 11 nitrogen and oxygen atoms in total. The van der Waals surface area contributed by atoms with Crippen molar-refractivity contribution in [3.05, 3.63) is 90.2 Å². The molecular formula is C26H22ClFN9O2+. The molecule has 1 aliphatic carbocycles. The van der Waals surface area contributed by atoms with Gasteiger partial charge in [0.15, 0.2) is 5.82 Å². The summed E-state index contributed by atoms with van der Waals surface area (Å²) in [6.07, 6.45) is 10.9. The Kier molecular flexibility index (Phi) is 6.23. The van der Waals surface area contributed by atoms with Gasteiger partial charge in [0.1, 0.15) is 12.4 Å². The third-order valence-corrected chi connectivity index (χ3v) is 7.30. The van der Waals surface area contributed by atoms with Gasteiger partial charge in [-0.15, -0.1) is 5.10 Å². The van der Waals surface area contributed by atoms with Crippen molar-refractivity contribution in [2.45, 2.75) is 18.9 Å². The lowest BCUT2D eigenvalue weighted by Gasteiger charge is -2.15. The number of pyridine rings is 2. The lowest BCUT2D eigenvalue weighted by Crippen LogP contribution is -2.38. The molecule has 39 heavy (non-hydrogen) atoms. The van der Waals surface area contributed by atoms with Crippen molar-refractivity contribution in [1.29, 1.82) is 0 Å². The molecule has 1 amide bonds. The number of carbonyl (C=O) groups is 1. The molecule has 3 unspecified atom stereocenters. The van der Waals surface area contributed by atoms with Gasteiger partial charge in [0.25, 0.3) is 5.69 Å². The average Bonchev–Trinajstić information content (AvgIpc) is 3.29. The van der Waals surface area contributed by atoms with Gasteiger partial charge < -0.3 is 5.73 Å². The standard InChI is InChI=1S/C26H21ClFN9O2/c27-20-2-4-22(36-14-31-33-34-36)24(25(20)28)16-1-3-21(37(39)13-16)23(10-17-9-19(17)26(29)38)35-12-18(11-32-35)15-5-7-30-8-6-15/h1-8,11-14,17,19,23H,9-10H2,(H2-,29,38,39)/p+1. The summed E-state index contributed by atoms with van der Waals surface area (Å²) in [5, 5.41) is 26.8. The first-order chi connectivity index (χ1) is 18.9. The van der Waals surface area contributed by atoms with E-state index in [0.717, 1.165) is 15.9 Å². The summed E-state index contributed by atoms with van der Waals surface area (Å²) >= 11 is 6.10. The van der Waals surface area contributed by atoms with E-state index in [1.165, 1.54) is 23.3 Å². The number of aromatic nitrogens is 8. The van der Waals surface area contributed by atoms with E-state index in [-0.39, 0.29) is 28.3 Å². The van der Waals surface area contributed by atoms with Crippen LogP contribution in [0.3, 0.4) is 0 Å². The van der Waals surface area contributed by atoms with E-state index in [0.29, 0.717) is 29.8 Å². The van der Waals surface area contributed by atoms with Crippen LogP contribution in [0.5, 0.6) is 0 Å². The molecule has 0 radical (unpaired) electrons. The van der Waals surface area contributed by atoms with Crippen LogP contribution in [0.1, 0.15) is 24.6 Å². The Balaban J connectivity index is 1.40. The topological polar surface area (TPSA) is 142 Å². The van der Waals surface area contributed by atoms with Crippen molar-refractivity contribution < 1.29 is 19.1 Å². The van der Waals surface area contributed by atoms with Crippen molar-refractivity contribution in [2.24, 2.45) is 17.6 Å². The second-order valence-corrected chi connectivity index (χ2v) is 9.81. The number of primary amides is 1. The summed E-state index contributed by atoms with van der Waals surface area (Å²) in [6, 6.07) is 9.71. The highest BCUT2D eigenvalue weighted by atomic mass is 35.5. The Hall–Kier alpha value is -4.71. The van der Waals surface area contributed by atoms with Crippen LogP contribution in [0.25, 0.3) is 27.9 Å². The minimum absolute atomic E-state index is 0.0533. The van der Waals surface area contributed by atoms with Crippen LogP contribution < -0.4 is 10.5 Å². The quantitative estimate of drug-likeness (QED) is 0.225. The highest BCUT2D eigenvalue weighted by Crippen LogP contribution is 2.45. The number of carbonyl (C=O) groups excluding carboxylic acids is 1. The summed E-state index contributed by atoms with van der Waals surface area (Å²) in [6.45, 7) is 0. The average molecular weight is 547 g/mol. The van der Waals surface area contributed by atoms with Gasteiger partial charge in [-0.3, -0.25) is 19.7 Å². The fraction of sp³-hybridized carbons (Fsp3) is 0.192. The summed E-state index contributed by atoms with van der Waals surface area (Å²) in [5.74, 6) is -1.17. The summed E-state index contributed by atoms with van der Waals surface area (Å²) in [5.41, 5.74) is 8.66. The second kappa shape index (κ2) is 9.87. The molecule has 0 saturated heterocycles. The van der Waals surface area contributed by atoms with Gasteiger partial charge in [0, 0.05) is 40.9 Å². The molecule has 1 fully saturated rings. The molecule has 1 aromatic carbocycles. The van der Waals surface area contributed by atoms with Crippen LogP contribution in [0.4, 0.5) is 4.39 Å². The van der Waals surface area contributed by atoms with Crippen molar-refractivity contribution in [3.8, 4) is 27.9 Å². The molecule has 3 N–H and O–H groups in total. The summed E-state index contributed by atoms with van der Waals surface area (Å²) in [4.78, 5) is 15.8. The maximum atomic E-state index is 15.3. The van der Waals surface area contributed by atoms with Crippen molar-refractivity contribution in [1.82, 2.24) is 35.0 Å². The number of hydrogen-bond donors (Lipinski definition) is 2. The van der Waals surface area contributed by atoms with Crippen molar-refractivity contribution in [2.75, 3.05) is 0 Å². The Bertz CT molecular complexity index is 1660. The molecule has 4 aromatic heterocycles. The third-order valence-electron chi connectivity index (χ3n) is 7.01. The lowest BCUT2D eigenvalue weighted by molar-refractivity contribution is -0.910. The van der Waals surface area contributed by atoms with Gasteiger partial charge in [-0.25, -0.2) is 4.39 Å². The van der Waals surface area contributed by atoms with Gasteiger partial charge in [-0.2, -0.15) is 9.78 Å². The highest BCUT2D eigenvalue weighted by molar-refractivity contribution is 6.31. The molecule has 1 saturated carbocycles. The summed E-state index contributed by atoms with van der Waals surface area (Å²) < 4.78 is 19.3. The number of amides is 1. The number of benzene rings is 1. The lowest BCUT2D eigenvalue weighted by atomic mass is 10.0. The Morgan fingerprint density at radius 3 is 2.69 bits per heavy atom. The Morgan fingerprint density at radius 1 is 1.18 bits per heavy atom. The number of tetrazole rings is 1. The second-order valence-electron chi connectivity index (χ2n) is 9.40. The Labute approximate surface area is 226 Å². The number of halogens is 2. The van der Waals surface area contributed by atoms with Crippen molar-refractivity contribution in [3.63, 3.8) is 0 Å². The first kappa shape index (κ1) is 24.6. The molecule has 3 atom stereocenters. The largest absolute Gasteiger partial charge is 0.369 e. The van der Waals surface area contributed by atoms with Crippen LogP contribution in [0.15, 0.2) is 73.7 Å². The summed E-state index contributed by atoms with van der Waals surface area (Å²) in [7, 11) is 0. The van der Waals surface area contributed by atoms with Crippen LogP contribution >= 0.6 is 11.6 Å². The SMILES string of the molecule is NC(=O)C1CC1CC(c1ccc(-c2c(-n3cnnn3)ccc(Cl)c2F)c[n+]1O)n1cc(-c2ccncc2)cn1. The van der Waals surface area contributed by atoms with Gasteiger partial charge in [0.05, 0.1) is 28.0 Å². The van der Waals surface area contributed by atoms with E-state index >= 15 is 4.39 Å². The third kappa shape index (κ3) is 4.70. The Morgan fingerprint density at radius 2 is 2.00 bits per heavy atom. The number of nitrogens with zero attached hydrogens (tertiary/aromatic N) is 8.